The van der Waals surface area contributed by atoms with Gasteiger partial charge in [-0.1, -0.05) is 57.4 Å². The Morgan fingerprint density at radius 3 is 1.48 bits per heavy atom. The van der Waals surface area contributed by atoms with Gasteiger partial charge in [0, 0.05) is 0 Å². The van der Waals surface area contributed by atoms with Gasteiger partial charge in [-0.2, -0.15) is 71.1 Å². The number of hydrogen-bond donors (Lipinski definition) is 0. The first kappa shape index (κ1) is 22.0. The van der Waals surface area contributed by atoms with Gasteiger partial charge in [0.1, 0.15) is 0 Å². The minimum Gasteiger partial charge on any atom is -0.210 e. The summed E-state index contributed by atoms with van der Waals surface area (Å²) >= 11 is 2.03. The fraction of sp³-hybridized carbons (Fsp3) is 0.320. The third kappa shape index (κ3) is 7.70. The van der Waals surface area contributed by atoms with E-state index in [1.54, 1.807) is 22.3 Å². The van der Waals surface area contributed by atoms with E-state index in [1.807, 2.05) is 57.1 Å². The molecule has 0 radical (unpaired) electrons. The summed E-state index contributed by atoms with van der Waals surface area (Å²) in [6.45, 7) is 3.72. The second-order valence-corrected chi connectivity index (χ2v) is 7.05. The van der Waals surface area contributed by atoms with Crippen molar-refractivity contribution in [2.75, 3.05) is 0 Å². The van der Waals surface area contributed by atoms with E-state index in [-0.39, 0.29) is 0 Å². The van der Waals surface area contributed by atoms with E-state index in [9.17, 15) is 0 Å². The third-order valence-electron chi connectivity index (χ3n) is 5.14. The van der Waals surface area contributed by atoms with Gasteiger partial charge in [-0.25, -0.2) is 12.1 Å². The summed E-state index contributed by atoms with van der Waals surface area (Å²) < 4.78 is 0. The van der Waals surface area contributed by atoms with Gasteiger partial charge in [-0.15, -0.1) is 12.1 Å². The Kier molecular flexibility index (Phi) is 10.6. The molecule has 0 N–H and O–H groups in total. The van der Waals surface area contributed by atoms with Crippen molar-refractivity contribution in [1.29, 1.82) is 0 Å². The SMILES string of the molecule is [CH2-]c1ccccc1.[SiH2]=[Ti].c1cc2c([cH-]1)CCCC2.c1cc2c([cH-]1)CCCC2. The van der Waals surface area contributed by atoms with Gasteiger partial charge in [0.15, 0.2) is 0 Å². The van der Waals surface area contributed by atoms with Crippen LogP contribution in [-0.4, -0.2) is 7.63 Å². The Hall–Kier alpha value is -1.28. The van der Waals surface area contributed by atoms with Crippen molar-refractivity contribution in [3.63, 3.8) is 0 Å². The van der Waals surface area contributed by atoms with E-state index in [0.29, 0.717) is 0 Å². The fourth-order valence-electron chi connectivity index (χ4n) is 3.70. The molecule has 0 unspecified atom stereocenters. The van der Waals surface area contributed by atoms with Gasteiger partial charge in [0.25, 0.3) is 0 Å². The van der Waals surface area contributed by atoms with Crippen molar-refractivity contribution in [3.8, 4) is 0 Å². The van der Waals surface area contributed by atoms with Gasteiger partial charge >= 0.3 is 26.8 Å². The minimum absolute atomic E-state index is 1.07. The summed E-state index contributed by atoms with van der Waals surface area (Å²) in [7, 11) is 1.86. The van der Waals surface area contributed by atoms with Crippen LogP contribution in [0.2, 0.25) is 0 Å². The Balaban J connectivity index is 0.000000140. The fourth-order valence-corrected chi connectivity index (χ4v) is 3.70. The minimum atomic E-state index is 1.07. The van der Waals surface area contributed by atoms with Crippen LogP contribution in [-0.2, 0) is 44.9 Å². The van der Waals surface area contributed by atoms with Crippen molar-refractivity contribution in [2.45, 2.75) is 51.4 Å². The van der Waals surface area contributed by atoms with Crippen molar-refractivity contribution < 1.29 is 19.2 Å². The van der Waals surface area contributed by atoms with Gasteiger partial charge < -0.3 is 0 Å². The summed E-state index contributed by atoms with van der Waals surface area (Å²) in [5.41, 5.74) is 7.47. The van der Waals surface area contributed by atoms with Crippen molar-refractivity contribution in [2.24, 2.45) is 0 Å². The molecule has 0 spiro atoms. The molecule has 0 amide bonds. The zero-order valence-electron chi connectivity index (χ0n) is 16.4. The smallest absolute Gasteiger partial charge is 0.0512 e. The summed E-state index contributed by atoms with van der Waals surface area (Å²) in [4.78, 5) is 0. The van der Waals surface area contributed by atoms with Crippen LogP contribution in [0.3, 0.4) is 0 Å². The molecule has 0 atom stereocenters. The molecule has 0 fully saturated rings. The average molecular weight is 407 g/mol. The van der Waals surface area contributed by atoms with E-state index in [4.69, 9.17) is 0 Å². The van der Waals surface area contributed by atoms with Crippen LogP contribution >= 0.6 is 0 Å². The third-order valence-corrected chi connectivity index (χ3v) is 5.14. The second-order valence-electron chi connectivity index (χ2n) is 7.05. The zero-order valence-corrected chi connectivity index (χ0v) is 19.4. The van der Waals surface area contributed by atoms with Crippen LogP contribution in [0.15, 0.2) is 66.7 Å². The molecule has 0 saturated heterocycles. The molecule has 3 aromatic rings. The Morgan fingerprint density at radius 2 is 1.11 bits per heavy atom. The van der Waals surface area contributed by atoms with Crippen LogP contribution in [0.5, 0.6) is 0 Å². The maximum atomic E-state index is 3.72. The van der Waals surface area contributed by atoms with E-state index < -0.39 is 0 Å². The van der Waals surface area contributed by atoms with E-state index in [0.717, 1.165) is 5.56 Å². The van der Waals surface area contributed by atoms with Crippen LogP contribution < -0.4 is 0 Å². The van der Waals surface area contributed by atoms with Gasteiger partial charge in [0.2, 0.25) is 0 Å². The number of fused-ring (bicyclic) bond motifs is 2. The largest absolute Gasteiger partial charge is 0.210 e. The molecule has 2 aliphatic carbocycles. The standard InChI is InChI=1S/2C9H11.C7H7.H2Si.Ti/c2*1-2-5-9-7-3-6-8(9)4-1;1-7-5-3-2-4-6-7;;/h2*3,6-7H,1-2,4-5H2;2-6H,1H2;1H2;/q3*-1;;. The predicted molar refractivity (Wildman–Crippen MR) is 117 cm³/mol. The monoisotopic (exact) mass is 407 g/mol. The second kappa shape index (κ2) is 13.0. The number of benzene rings is 1. The van der Waals surface area contributed by atoms with Crippen molar-refractivity contribution >= 4 is 7.63 Å². The topological polar surface area (TPSA) is 0 Å². The molecule has 2 heteroatoms. The quantitative estimate of drug-likeness (QED) is 0.340. The summed E-state index contributed by atoms with van der Waals surface area (Å²) in [6.07, 6.45) is 10.9. The van der Waals surface area contributed by atoms with Crippen molar-refractivity contribution in [1.82, 2.24) is 0 Å². The summed E-state index contributed by atoms with van der Waals surface area (Å²) in [5, 5.41) is 0. The molecule has 5 rings (SSSR count). The maximum Gasteiger partial charge on any atom is -0.0512 e. The van der Waals surface area contributed by atoms with E-state index in [2.05, 4.69) is 43.3 Å². The molecule has 0 saturated carbocycles. The summed E-state index contributed by atoms with van der Waals surface area (Å²) in [6, 6.07) is 23.3. The average Bonchev–Trinajstić information content (AvgIpc) is 3.40. The Morgan fingerprint density at radius 1 is 0.667 bits per heavy atom. The first-order valence-corrected chi connectivity index (χ1v) is 14.0. The van der Waals surface area contributed by atoms with Gasteiger partial charge in [-0.3, -0.25) is 0 Å². The van der Waals surface area contributed by atoms with Crippen molar-refractivity contribution in [3.05, 3.63) is 101 Å². The Bertz CT molecular complexity index is 666. The molecule has 2 aliphatic rings. The maximum absolute atomic E-state index is 3.72. The molecule has 0 aliphatic heterocycles. The zero-order chi connectivity index (χ0) is 19.3. The van der Waals surface area contributed by atoms with E-state index in [1.165, 1.54) is 51.4 Å². The van der Waals surface area contributed by atoms with Gasteiger partial charge in [0.05, 0.1) is 0 Å². The molecule has 0 aromatic heterocycles. The van der Waals surface area contributed by atoms with Crippen LogP contribution in [0.1, 0.15) is 53.5 Å². The molecule has 0 heterocycles. The molecule has 0 nitrogen and oxygen atoms in total. The molecule has 3 aromatic carbocycles. The predicted octanol–water partition coefficient (Wildman–Crippen LogP) is 5.52. The number of hydrogen-bond acceptors (Lipinski definition) is 0. The van der Waals surface area contributed by atoms with Crippen LogP contribution in [0.4, 0.5) is 0 Å². The molecule has 0 bridgehead atoms. The number of rotatable bonds is 0. The molecular formula is C25H31SiTi-3. The molecule has 27 heavy (non-hydrogen) atoms. The van der Waals surface area contributed by atoms with Gasteiger partial charge in [-0.05, 0) is 0 Å². The van der Waals surface area contributed by atoms with Crippen LogP contribution in [0, 0.1) is 6.92 Å². The first-order chi connectivity index (χ1) is 13.3. The molecule has 142 valence electrons. The first-order valence-electron chi connectivity index (χ1n) is 10.0. The van der Waals surface area contributed by atoms with E-state index >= 15 is 0 Å². The van der Waals surface area contributed by atoms with Crippen LogP contribution in [0.25, 0.3) is 0 Å². The number of aryl methyl sites for hydroxylation is 4. The normalized spacial score (nSPS) is 13.9. The summed E-state index contributed by atoms with van der Waals surface area (Å²) in [5.74, 6) is 0. The Labute approximate surface area is 179 Å². The molecular weight excluding hydrogens is 376 g/mol.